The molecule has 0 heterocycles. The molecular weight excluding hydrogens is 540 g/mol. The average Bonchev–Trinajstić information content (AvgIpc) is 2.86. The number of hydrogen-bond acceptors (Lipinski definition) is 4. The van der Waals surface area contributed by atoms with Crippen molar-refractivity contribution >= 4 is 50.7 Å². The number of carbonyl (C=O) groups is 2. The second-order valence-corrected chi connectivity index (χ2v) is 11.1. The van der Waals surface area contributed by atoms with E-state index in [9.17, 15) is 22.4 Å². The minimum absolute atomic E-state index is 0.0677. The lowest BCUT2D eigenvalue weighted by atomic mass is 10.1. The van der Waals surface area contributed by atoms with E-state index in [1.165, 1.54) is 24.9 Å². The van der Waals surface area contributed by atoms with Crippen molar-refractivity contribution in [3.8, 4) is 0 Å². The Bertz CT molecular complexity index is 1380. The van der Waals surface area contributed by atoms with Crippen LogP contribution in [0.5, 0.6) is 0 Å². The van der Waals surface area contributed by atoms with E-state index in [0.29, 0.717) is 15.6 Å². The first-order chi connectivity index (χ1) is 17.4. The minimum Gasteiger partial charge on any atom is -0.357 e. The lowest BCUT2D eigenvalue weighted by Crippen LogP contribution is -2.50. The maximum Gasteiger partial charge on any atom is 0.264 e. The van der Waals surface area contributed by atoms with Crippen molar-refractivity contribution in [3.05, 3.63) is 93.7 Å². The number of sulfonamides is 1. The quantitative estimate of drug-likeness (QED) is 0.403. The Labute approximate surface area is 225 Å². The van der Waals surface area contributed by atoms with Crippen LogP contribution in [-0.4, -0.2) is 44.8 Å². The van der Waals surface area contributed by atoms with Gasteiger partial charge in [0.15, 0.2) is 0 Å². The molecule has 3 aromatic carbocycles. The highest BCUT2D eigenvalue weighted by Gasteiger charge is 2.32. The Morgan fingerprint density at radius 2 is 1.62 bits per heavy atom. The van der Waals surface area contributed by atoms with Gasteiger partial charge in [-0.3, -0.25) is 13.9 Å². The van der Waals surface area contributed by atoms with Crippen molar-refractivity contribution in [1.82, 2.24) is 10.2 Å². The zero-order valence-electron chi connectivity index (χ0n) is 20.4. The molecule has 2 amide bonds. The van der Waals surface area contributed by atoms with Crippen LogP contribution in [0.1, 0.15) is 18.1 Å². The number of aryl methyl sites for hydroxylation is 1. The van der Waals surface area contributed by atoms with Gasteiger partial charge in [-0.25, -0.2) is 12.8 Å². The summed E-state index contributed by atoms with van der Waals surface area (Å²) < 4.78 is 41.7. The van der Waals surface area contributed by atoms with Crippen LogP contribution in [0.2, 0.25) is 10.0 Å². The predicted octanol–water partition coefficient (Wildman–Crippen LogP) is 4.80. The van der Waals surface area contributed by atoms with Crippen LogP contribution in [0.3, 0.4) is 0 Å². The van der Waals surface area contributed by atoms with Gasteiger partial charge in [0.25, 0.3) is 10.0 Å². The molecule has 0 aliphatic heterocycles. The van der Waals surface area contributed by atoms with Gasteiger partial charge in [0, 0.05) is 23.6 Å². The zero-order chi connectivity index (χ0) is 27.3. The molecule has 11 heteroatoms. The molecule has 0 aliphatic rings. The van der Waals surface area contributed by atoms with Gasteiger partial charge in [-0.15, -0.1) is 0 Å². The lowest BCUT2D eigenvalue weighted by Gasteiger charge is -2.32. The molecular formula is C26H26Cl2FN3O4S. The molecule has 0 aromatic heterocycles. The SMILES string of the molecule is CNC(=O)[C@@H](C)N(Cc1ccc(Cl)cc1Cl)C(=O)CN(c1ccc(C)cc1)S(=O)(=O)c1ccc(F)cc1. The Hall–Kier alpha value is -3.14. The van der Waals surface area contributed by atoms with Crippen molar-refractivity contribution in [2.75, 3.05) is 17.9 Å². The molecule has 37 heavy (non-hydrogen) atoms. The normalized spacial score (nSPS) is 12.1. The van der Waals surface area contributed by atoms with Crippen LogP contribution < -0.4 is 9.62 Å². The smallest absolute Gasteiger partial charge is 0.264 e. The Balaban J connectivity index is 2.04. The van der Waals surface area contributed by atoms with Gasteiger partial charge in [0.2, 0.25) is 11.8 Å². The number of benzene rings is 3. The van der Waals surface area contributed by atoms with Gasteiger partial charge >= 0.3 is 0 Å². The van der Waals surface area contributed by atoms with Crippen LogP contribution >= 0.6 is 23.2 Å². The molecule has 7 nitrogen and oxygen atoms in total. The van der Waals surface area contributed by atoms with E-state index in [0.717, 1.165) is 34.1 Å². The minimum atomic E-state index is -4.28. The number of anilines is 1. The molecule has 3 rings (SSSR count). The highest BCUT2D eigenvalue weighted by atomic mass is 35.5. The summed E-state index contributed by atoms with van der Waals surface area (Å²) in [6.07, 6.45) is 0. The Kier molecular flexibility index (Phi) is 9.17. The van der Waals surface area contributed by atoms with Crippen LogP contribution in [0.25, 0.3) is 0 Å². The van der Waals surface area contributed by atoms with Crippen molar-refractivity contribution in [1.29, 1.82) is 0 Å². The molecule has 0 aliphatic carbocycles. The summed E-state index contributed by atoms with van der Waals surface area (Å²) in [6, 6.07) is 14.7. The topological polar surface area (TPSA) is 86.8 Å². The molecule has 0 unspecified atom stereocenters. The summed E-state index contributed by atoms with van der Waals surface area (Å²) in [5, 5.41) is 3.21. The van der Waals surface area contributed by atoms with E-state index < -0.39 is 40.2 Å². The number of carbonyl (C=O) groups excluding carboxylic acids is 2. The summed E-state index contributed by atoms with van der Waals surface area (Å²) in [4.78, 5) is 27.2. The summed E-state index contributed by atoms with van der Waals surface area (Å²) >= 11 is 12.3. The van der Waals surface area contributed by atoms with Gasteiger partial charge in [0.05, 0.1) is 10.6 Å². The highest BCUT2D eigenvalue weighted by Crippen LogP contribution is 2.27. The number of halogens is 3. The molecule has 0 bridgehead atoms. The standard InChI is InChI=1S/C26H26Cl2FN3O4S/c1-17-4-10-22(11-5-17)32(37(35,36)23-12-8-21(29)9-13-23)16-25(33)31(18(2)26(34)30-3)15-19-6-7-20(27)14-24(19)28/h4-14,18H,15-16H2,1-3H3,(H,30,34)/t18-/m1/s1. The Morgan fingerprint density at radius 3 is 2.19 bits per heavy atom. The summed E-state index contributed by atoms with van der Waals surface area (Å²) in [5.74, 6) is -1.68. The van der Waals surface area contributed by atoms with Crippen LogP contribution in [-0.2, 0) is 26.2 Å². The molecule has 3 aromatic rings. The largest absolute Gasteiger partial charge is 0.357 e. The van der Waals surface area contributed by atoms with Crippen LogP contribution in [0, 0.1) is 12.7 Å². The van der Waals surface area contributed by atoms with Gasteiger partial charge in [-0.2, -0.15) is 0 Å². The third kappa shape index (κ3) is 6.80. The van der Waals surface area contributed by atoms with E-state index in [-0.39, 0.29) is 17.1 Å². The van der Waals surface area contributed by atoms with E-state index >= 15 is 0 Å². The summed E-state index contributed by atoms with van der Waals surface area (Å²) in [5.41, 5.74) is 1.65. The molecule has 0 fully saturated rings. The maximum atomic E-state index is 13.7. The van der Waals surface area contributed by atoms with Gasteiger partial charge in [0.1, 0.15) is 18.4 Å². The molecule has 0 spiro atoms. The highest BCUT2D eigenvalue weighted by molar-refractivity contribution is 7.92. The second-order valence-electron chi connectivity index (χ2n) is 8.35. The van der Waals surface area contributed by atoms with E-state index in [4.69, 9.17) is 23.2 Å². The van der Waals surface area contributed by atoms with E-state index in [1.807, 2.05) is 6.92 Å². The van der Waals surface area contributed by atoms with Crippen molar-refractivity contribution in [2.24, 2.45) is 0 Å². The summed E-state index contributed by atoms with van der Waals surface area (Å²) in [7, 11) is -2.84. The van der Waals surface area contributed by atoms with Gasteiger partial charge in [-0.1, -0.05) is 47.0 Å². The first-order valence-electron chi connectivity index (χ1n) is 11.2. The first kappa shape index (κ1) is 28.4. The van der Waals surface area contributed by atoms with Crippen LogP contribution in [0.15, 0.2) is 71.6 Å². The molecule has 1 atom stereocenters. The van der Waals surface area contributed by atoms with Crippen molar-refractivity contribution in [2.45, 2.75) is 31.3 Å². The number of nitrogens with zero attached hydrogens (tertiary/aromatic N) is 2. The monoisotopic (exact) mass is 565 g/mol. The van der Waals surface area contributed by atoms with Gasteiger partial charge in [-0.05, 0) is 67.9 Å². The molecule has 196 valence electrons. The van der Waals surface area contributed by atoms with Gasteiger partial charge < -0.3 is 10.2 Å². The molecule has 1 N–H and O–H groups in total. The second kappa shape index (κ2) is 11.9. The lowest BCUT2D eigenvalue weighted by molar-refractivity contribution is -0.139. The average molecular weight is 566 g/mol. The fraction of sp³-hybridized carbons (Fsp3) is 0.231. The first-order valence-corrected chi connectivity index (χ1v) is 13.4. The van der Waals surface area contributed by atoms with E-state index in [2.05, 4.69) is 5.32 Å². The fourth-order valence-corrected chi connectivity index (χ4v) is 5.48. The Morgan fingerprint density at radius 1 is 1.00 bits per heavy atom. The third-order valence-electron chi connectivity index (χ3n) is 5.77. The van der Waals surface area contributed by atoms with Crippen LogP contribution in [0.4, 0.5) is 10.1 Å². The number of amides is 2. The zero-order valence-corrected chi connectivity index (χ0v) is 22.7. The predicted molar refractivity (Wildman–Crippen MR) is 143 cm³/mol. The number of hydrogen-bond donors (Lipinski definition) is 1. The molecule has 0 saturated carbocycles. The summed E-state index contributed by atoms with van der Waals surface area (Å²) in [6.45, 7) is 2.69. The maximum absolute atomic E-state index is 13.7. The number of nitrogens with one attached hydrogen (secondary N) is 1. The molecule has 0 saturated heterocycles. The fourth-order valence-electron chi connectivity index (χ4n) is 3.60. The number of likely N-dealkylation sites (N-methyl/N-ethyl adjacent to an activating group) is 1. The van der Waals surface area contributed by atoms with Crippen molar-refractivity contribution < 1.29 is 22.4 Å². The number of rotatable bonds is 9. The third-order valence-corrected chi connectivity index (χ3v) is 8.15. The van der Waals surface area contributed by atoms with Crippen molar-refractivity contribution in [3.63, 3.8) is 0 Å². The van der Waals surface area contributed by atoms with E-state index in [1.54, 1.807) is 36.4 Å². The molecule has 0 radical (unpaired) electrons.